The van der Waals surface area contributed by atoms with Crippen molar-refractivity contribution in [3.05, 3.63) is 70.8 Å². The number of carbonyl (C=O) groups is 4. The molecule has 0 aliphatic carbocycles. The van der Waals surface area contributed by atoms with Crippen LogP contribution in [0.25, 0.3) is 43.1 Å². The Hall–Kier alpha value is -4.72. The summed E-state index contributed by atoms with van der Waals surface area (Å²) < 4.78 is 24.2. The van der Waals surface area contributed by atoms with E-state index in [1.807, 2.05) is 42.5 Å². The Balaban J connectivity index is 1.74. The fraction of sp³-hybridized carbons (Fsp3) is 0.571. The number of esters is 4. The topological polar surface area (TPSA) is 105 Å². The lowest BCUT2D eigenvalue weighted by Gasteiger charge is -2.23. The number of rotatable bonds is 28. The second-order valence-corrected chi connectivity index (χ2v) is 19.6. The maximum atomic E-state index is 15.0. The monoisotopic (exact) mass is 877 g/mol. The predicted molar refractivity (Wildman–Crippen MR) is 262 cm³/mol. The molecule has 0 N–H and O–H groups in total. The van der Waals surface area contributed by atoms with Gasteiger partial charge >= 0.3 is 23.9 Å². The summed E-state index contributed by atoms with van der Waals surface area (Å²) >= 11 is 0. The van der Waals surface area contributed by atoms with Crippen LogP contribution in [0.2, 0.25) is 0 Å². The van der Waals surface area contributed by atoms with Crippen LogP contribution < -0.4 is 0 Å². The van der Waals surface area contributed by atoms with Gasteiger partial charge in [0.05, 0.1) is 48.7 Å². The van der Waals surface area contributed by atoms with Gasteiger partial charge in [0, 0.05) is 16.2 Å². The number of benzene rings is 5. The number of fused-ring (bicyclic) bond motifs is 2. The summed E-state index contributed by atoms with van der Waals surface area (Å²) in [6.07, 6.45) is 14.5. The van der Waals surface area contributed by atoms with E-state index in [4.69, 9.17) is 18.9 Å². The van der Waals surface area contributed by atoms with Gasteiger partial charge in [-0.15, -0.1) is 0 Å². The minimum Gasteiger partial charge on any atom is -0.462 e. The van der Waals surface area contributed by atoms with Gasteiger partial charge in [0.15, 0.2) is 0 Å². The van der Waals surface area contributed by atoms with Crippen LogP contribution in [0.4, 0.5) is 0 Å². The Morgan fingerprint density at radius 2 is 0.734 bits per heavy atom. The molecular formula is C56H76O8. The minimum atomic E-state index is -0.823. The highest BCUT2D eigenvalue weighted by molar-refractivity contribution is 6.40. The molecule has 0 atom stereocenters. The van der Waals surface area contributed by atoms with Crippen LogP contribution in [-0.2, 0) is 18.9 Å². The Labute approximate surface area is 382 Å². The lowest BCUT2D eigenvalue weighted by atomic mass is 9.81. The van der Waals surface area contributed by atoms with Gasteiger partial charge in [-0.3, -0.25) is 0 Å². The van der Waals surface area contributed by atoms with E-state index in [1.54, 1.807) is 6.07 Å². The molecule has 348 valence electrons. The summed E-state index contributed by atoms with van der Waals surface area (Å²) in [7, 11) is 0. The van der Waals surface area contributed by atoms with Gasteiger partial charge in [-0.1, -0.05) is 175 Å². The molecule has 0 radical (unpaired) electrons. The second kappa shape index (κ2) is 25.1. The van der Waals surface area contributed by atoms with Crippen LogP contribution in [0, 0.1) is 23.7 Å². The molecule has 0 aromatic heterocycles. The van der Waals surface area contributed by atoms with Crippen LogP contribution in [0.15, 0.2) is 48.5 Å². The van der Waals surface area contributed by atoms with Gasteiger partial charge in [-0.25, -0.2) is 19.2 Å². The molecule has 0 aliphatic rings. The smallest absolute Gasteiger partial charge is 0.339 e. The number of hydrogen-bond acceptors (Lipinski definition) is 8. The first-order valence-corrected chi connectivity index (χ1v) is 24.7. The molecule has 8 heteroatoms. The first-order valence-electron chi connectivity index (χ1n) is 24.7. The molecule has 0 saturated carbocycles. The summed E-state index contributed by atoms with van der Waals surface area (Å²) in [6, 6.07) is 15.5. The van der Waals surface area contributed by atoms with E-state index in [9.17, 15) is 19.2 Å². The SMILES string of the molecule is CC(C)CCCCCOC(=O)c1c(C(=O)OCCCCCC(C)C)c2c(C(=O)OCCCCCC(C)C)ccc3c4cccc5cccc(c(c1C(=O)OCCCCCC(C)C)c23)c54. The molecule has 5 rings (SSSR count). The van der Waals surface area contributed by atoms with Crippen molar-refractivity contribution in [3.63, 3.8) is 0 Å². The summed E-state index contributed by atoms with van der Waals surface area (Å²) in [5.41, 5.74) is -0.296. The number of hydrogen-bond donors (Lipinski definition) is 0. The van der Waals surface area contributed by atoms with Crippen molar-refractivity contribution >= 4 is 67.0 Å². The zero-order chi connectivity index (χ0) is 46.2. The van der Waals surface area contributed by atoms with Crippen molar-refractivity contribution in [2.45, 2.75) is 158 Å². The van der Waals surface area contributed by atoms with E-state index >= 15 is 0 Å². The zero-order valence-electron chi connectivity index (χ0n) is 40.3. The predicted octanol–water partition coefficient (Wildman–Crippen LogP) is 15.2. The average Bonchev–Trinajstić information content (AvgIpc) is 3.25. The standard InChI is InChI=1S/C56H76O8/c1-37(2)23-13-9-17-33-61-53(57)45-32-31-43-42-29-21-27-41-28-22-30-44(46(41)42)48-47(43)49(45)51(55(59)63-35-19-11-15-25-39(5)6)52(56(60)64-36-20-12-16-26-40(7)8)50(48)54(58)62-34-18-10-14-24-38(3)4/h21-22,27-32,37-40H,9-20,23-26,33-36H2,1-8H3. The Morgan fingerprint density at radius 3 is 1.17 bits per heavy atom. The van der Waals surface area contributed by atoms with Crippen LogP contribution in [0.1, 0.15) is 200 Å². The van der Waals surface area contributed by atoms with Gasteiger partial charge in [0.25, 0.3) is 0 Å². The molecule has 0 spiro atoms. The van der Waals surface area contributed by atoms with Gasteiger partial charge in [0.1, 0.15) is 0 Å². The molecule has 0 bridgehead atoms. The van der Waals surface area contributed by atoms with Gasteiger partial charge < -0.3 is 18.9 Å². The number of carbonyl (C=O) groups excluding carboxylic acids is 4. The van der Waals surface area contributed by atoms with Crippen molar-refractivity contribution in [2.75, 3.05) is 26.4 Å². The van der Waals surface area contributed by atoms with Crippen molar-refractivity contribution in [2.24, 2.45) is 23.7 Å². The molecule has 0 aliphatic heterocycles. The molecule has 64 heavy (non-hydrogen) atoms. The molecule has 0 unspecified atom stereocenters. The normalized spacial score (nSPS) is 11.9. The highest BCUT2D eigenvalue weighted by atomic mass is 16.5. The average molecular weight is 877 g/mol. The summed E-state index contributed by atoms with van der Waals surface area (Å²) in [6.45, 7) is 18.1. The van der Waals surface area contributed by atoms with Crippen molar-refractivity contribution in [3.8, 4) is 0 Å². The van der Waals surface area contributed by atoms with Crippen LogP contribution in [0.5, 0.6) is 0 Å². The fourth-order valence-electron chi connectivity index (χ4n) is 8.95. The highest BCUT2D eigenvalue weighted by Gasteiger charge is 2.36. The van der Waals surface area contributed by atoms with Gasteiger partial charge in [-0.05, 0) is 82.4 Å². The molecule has 0 heterocycles. The maximum absolute atomic E-state index is 15.0. The quantitative estimate of drug-likeness (QED) is 0.0161. The second-order valence-electron chi connectivity index (χ2n) is 19.6. The summed E-state index contributed by atoms with van der Waals surface area (Å²) in [5.74, 6) is -0.642. The first kappa shape index (κ1) is 50.3. The van der Waals surface area contributed by atoms with E-state index < -0.39 is 23.9 Å². The van der Waals surface area contributed by atoms with E-state index in [0.717, 1.165) is 98.6 Å². The largest absolute Gasteiger partial charge is 0.462 e. The number of ether oxygens (including phenoxy) is 4. The molecule has 0 saturated heterocycles. The Morgan fingerprint density at radius 1 is 0.359 bits per heavy atom. The summed E-state index contributed by atoms with van der Waals surface area (Å²) in [5, 5.41) is 5.36. The van der Waals surface area contributed by atoms with E-state index in [-0.39, 0.29) is 54.1 Å². The van der Waals surface area contributed by atoms with E-state index in [2.05, 4.69) is 55.4 Å². The molecule has 5 aromatic carbocycles. The third kappa shape index (κ3) is 13.4. The Bertz CT molecular complexity index is 2290. The van der Waals surface area contributed by atoms with Crippen molar-refractivity contribution in [1.29, 1.82) is 0 Å². The van der Waals surface area contributed by atoms with Crippen LogP contribution in [-0.4, -0.2) is 50.3 Å². The lowest BCUT2D eigenvalue weighted by molar-refractivity contribution is 0.0432. The zero-order valence-corrected chi connectivity index (χ0v) is 40.3. The lowest BCUT2D eigenvalue weighted by Crippen LogP contribution is -2.23. The molecule has 5 aromatic rings. The van der Waals surface area contributed by atoms with Crippen LogP contribution >= 0.6 is 0 Å². The number of unbranched alkanes of at least 4 members (excludes halogenated alkanes) is 8. The maximum Gasteiger partial charge on any atom is 0.339 e. The van der Waals surface area contributed by atoms with Crippen LogP contribution in [0.3, 0.4) is 0 Å². The van der Waals surface area contributed by atoms with E-state index in [1.165, 1.54) is 0 Å². The minimum absolute atomic E-state index is 0.0395. The fourth-order valence-corrected chi connectivity index (χ4v) is 8.95. The molecule has 0 amide bonds. The summed E-state index contributed by atoms with van der Waals surface area (Å²) in [4.78, 5) is 59.3. The van der Waals surface area contributed by atoms with E-state index in [0.29, 0.717) is 65.5 Å². The van der Waals surface area contributed by atoms with Crippen molar-refractivity contribution < 1.29 is 38.1 Å². The highest BCUT2D eigenvalue weighted by Crippen LogP contribution is 2.46. The third-order valence-electron chi connectivity index (χ3n) is 12.4. The molecular weight excluding hydrogens is 801 g/mol. The first-order chi connectivity index (χ1) is 30.8. The third-order valence-corrected chi connectivity index (χ3v) is 12.4. The van der Waals surface area contributed by atoms with Gasteiger partial charge in [-0.2, -0.15) is 0 Å². The molecule has 8 nitrogen and oxygen atoms in total. The Kier molecular flexibility index (Phi) is 19.7. The van der Waals surface area contributed by atoms with Gasteiger partial charge in [0.2, 0.25) is 0 Å². The van der Waals surface area contributed by atoms with Crippen molar-refractivity contribution in [1.82, 2.24) is 0 Å². The molecule has 0 fully saturated rings.